The first kappa shape index (κ1) is 24.2. The molecule has 0 unspecified atom stereocenters. The number of aromatic nitrogens is 1. The molecule has 1 aromatic heterocycles. The number of hydrogen-bond donors (Lipinski definition) is 1. The van der Waals surface area contributed by atoms with E-state index in [2.05, 4.69) is 43.2 Å². The number of amides is 1. The van der Waals surface area contributed by atoms with Crippen molar-refractivity contribution in [2.45, 2.75) is 20.8 Å². The lowest BCUT2D eigenvalue weighted by Crippen LogP contribution is -2.18. The molecule has 0 aliphatic carbocycles. The molecule has 7 heteroatoms. The number of halogens is 1. The molecule has 0 saturated carbocycles. The molecule has 0 spiro atoms. The Morgan fingerprint density at radius 1 is 0.857 bits per heavy atom. The monoisotopic (exact) mass is 529 g/mol. The Morgan fingerprint density at radius 3 is 2.14 bits per heavy atom. The van der Waals surface area contributed by atoms with Gasteiger partial charge in [0.05, 0.1) is 11.8 Å². The zero-order valence-corrected chi connectivity index (χ0v) is 21.2. The van der Waals surface area contributed by atoms with Crippen LogP contribution in [-0.4, -0.2) is 22.7 Å². The second-order valence-electron chi connectivity index (χ2n) is 8.14. The fourth-order valence-electron chi connectivity index (χ4n) is 3.62. The van der Waals surface area contributed by atoms with E-state index in [9.17, 15) is 9.59 Å². The van der Waals surface area contributed by atoms with Gasteiger partial charge < -0.3 is 9.30 Å². The highest BCUT2D eigenvalue weighted by molar-refractivity contribution is 9.10. The van der Waals surface area contributed by atoms with Crippen LogP contribution in [0.5, 0.6) is 5.75 Å². The van der Waals surface area contributed by atoms with Crippen molar-refractivity contribution >= 4 is 34.0 Å². The quantitative estimate of drug-likeness (QED) is 0.141. The lowest BCUT2D eigenvalue weighted by atomic mass is 10.1. The van der Waals surface area contributed by atoms with E-state index in [1.165, 1.54) is 6.21 Å². The number of benzene rings is 3. The van der Waals surface area contributed by atoms with E-state index in [1.807, 2.05) is 45.0 Å². The Labute approximate surface area is 212 Å². The zero-order chi connectivity index (χ0) is 24.9. The highest BCUT2D eigenvalue weighted by Gasteiger charge is 2.12. The fraction of sp³-hybridized carbons (Fsp3) is 0.107. The van der Waals surface area contributed by atoms with Gasteiger partial charge in [0.25, 0.3) is 5.91 Å². The van der Waals surface area contributed by atoms with E-state index in [1.54, 1.807) is 42.5 Å². The predicted octanol–water partition coefficient (Wildman–Crippen LogP) is 6.15. The molecule has 0 bridgehead atoms. The van der Waals surface area contributed by atoms with Crippen molar-refractivity contribution in [2.75, 3.05) is 0 Å². The van der Waals surface area contributed by atoms with E-state index in [4.69, 9.17) is 4.74 Å². The summed E-state index contributed by atoms with van der Waals surface area (Å²) in [7, 11) is 0. The van der Waals surface area contributed by atoms with Crippen LogP contribution in [0.25, 0.3) is 5.69 Å². The van der Waals surface area contributed by atoms with Crippen LogP contribution in [0.3, 0.4) is 0 Å². The number of ether oxygens (including phenoxy) is 1. The lowest BCUT2D eigenvalue weighted by Gasteiger charge is -2.10. The number of carbonyl (C=O) groups is 2. The van der Waals surface area contributed by atoms with Gasteiger partial charge in [-0.3, -0.25) is 4.79 Å². The van der Waals surface area contributed by atoms with E-state index in [0.717, 1.165) is 27.1 Å². The van der Waals surface area contributed by atoms with E-state index < -0.39 is 5.97 Å². The Bertz CT molecular complexity index is 1390. The third-order valence-corrected chi connectivity index (χ3v) is 5.98. The zero-order valence-electron chi connectivity index (χ0n) is 19.6. The van der Waals surface area contributed by atoms with E-state index >= 15 is 0 Å². The van der Waals surface area contributed by atoms with Crippen LogP contribution in [0.4, 0.5) is 0 Å². The molecule has 4 aromatic rings. The standard InChI is InChI=1S/C28H24BrN3O3/c1-18-4-8-22(9-5-18)28(34)35-26-15-12-24(29)16-23(26)17-30-31-27(33)21-10-13-25(14-11-21)32-19(2)6-7-20(32)3/h4-17H,1-3H3,(H,31,33)/b30-17-. The van der Waals surface area contributed by atoms with Crippen LogP contribution < -0.4 is 10.2 Å². The summed E-state index contributed by atoms with van der Waals surface area (Å²) >= 11 is 3.41. The molecule has 1 heterocycles. The first-order chi connectivity index (χ1) is 16.8. The first-order valence-electron chi connectivity index (χ1n) is 11.0. The molecule has 4 rings (SSSR count). The predicted molar refractivity (Wildman–Crippen MR) is 141 cm³/mol. The molecule has 0 saturated heterocycles. The van der Waals surface area contributed by atoms with E-state index in [-0.39, 0.29) is 5.91 Å². The van der Waals surface area contributed by atoms with E-state index in [0.29, 0.717) is 22.4 Å². The van der Waals surface area contributed by atoms with Gasteiger partial charge >= 0.3 is 5.97 Å². The molecule has 176 valence electrons. The van der Waals surface area contributed by atoms with Gasteiger partial charge in [-0.1, -0.05) is 33.6 Å². The summed E-state index contributed by atoms with van der Waals surface area (Å²) < 4.78 is 8.47. The number of esters is 1. The molecule has 0 aliphatic rings. The minimum absolute atomic E-state index is 0.332. The largest absolute Gasteiger partial charge is 0.422 e. The van der Waals surface area contributed by atoms with Gasteiger partial charge in [-0.25, -0.2) is 10.2 Å². The molecule has 0 fully saturated rings. The SMILES string of the molecule is Cc1ccc(C(=O)Oc2ccc(Br)cc2/C=N\NC(=O)c2ccc(-n3c(C)ccc3C)cc2)cc1. The van der Waals surface area contributed by atoms with Crippen LogP contribution in [-0.2, 0) is 0 Å². The minimum Gasteiger partial charge on any atom is -0.422 e. The fourth-order valence-corrected chi connectivity index (χ4v) is 4.00. The topological polar surface area (TPSA) is 72.7 Å². The molecule has 1 amide bonds. The van der Waals surface area contributed by atoms with Crippen LogP contribution in [0, 0.1) is 20.8 Å². The van der Waals surface area contributed by atoms with Gasteiger partial charge in [0.2, 0.25) is 0 Å². The van der Waals surface area contributed by atoms with Crippen molar-refractivity contribution in [3.05, 3.63) is 117 Å². The van der Waals surface area contributed by atoms with Crippen molar-refractivity contribution in [1.29, 1.82) is 0 Å². The lowest BCUT2D eigenvalue weighted by molar-refractivity contribution is 0.0734. The highest BCUT2D eigenvalue weighted by Crippen LogP contribution is 2.23. The van der Waals surface area contributed by atoms with Gasteiger partial charge in [0.1, 0.15) is 5.75 Å². The van der Waals surface area contributed by atoms with Crippen molar-refractivity contribution in [2.24, 2.45) is 5.10 Å². The van der Waals surface area contributed by atoms with Gasteiger partial charge in [0.15, 0.2) is 0 Å². The Balaban J connectivity index is 1.45. The number of nitrogens with zero attached hydrogens (tertiary/aromatic N) is 2. The number of hydrazone groups is 1. The summed E-state index contributed by atoms with van der Waals surface area (Å²) in [5.74, 6) is -0.486. The van der Waals surface area contributed by atoms with Crippen molar-refractivity contribution in [3.63, 3.8) is 0 Å². The van der Waals surface area contributed by atoms with Crippen LogP contribution >= 0.6 is 15.9 Å². The third-order valence-electron chi connectivity index (χ3n) is 5.49. The van der Waals surface area contributed by atoms with Gasteiger partial charge in [0, 0.05) is 32.7 Å². The summed E-state index contributed by atoms with van der Waals surface area (Å²) in [6, 6.07) is 23.7. The first-order valence-corrected chi connectivity index (χ1v) is 11.8. The molecular formula is C28H24BrN3O3. The maximum atomic E-state index is 12.6. The maximum Gasteiger partial charge on any atom is 0.343 e. The summed E-state index contributed by atoms with van der Waals surface area (Å²) in [6.07, 6.45) is 1.45. The second-order valence-corrected chi connectivity index (χ2v) is 9.05. The summed E-state index contributed by atoms with van der Waals surface area (Å²) in [5, 5.41) is 4.07. The van der Waals surface area contributed by atoms with Crippen molar-refractivity contribution in [3.8, 4) is 11.4 Å². The normalized spacial score (nSPS) is 11.0. The Morgan fingerprint density at radius 2 is 1.49 bits per heavy atom. The highest BCUT2D eigenvalue weighted by atomic mass is 79.9. The number of aryl methyl sites for hydroxylation is 3. The average molecular weight is 530 g/mol. The second kappa shape index (κ2) is 10.5. The van der Waals surface area contributed by atoms with Gasteiger partial charge in [-0.15, -0.1) is 0 Å². The van der Waals surface area contributed by atoms with Gasteiger partial charge in [-0.05, 0) is 87.5 Å². The summed E-state index contributed by atoms with van der Waals surface area (Å²) in [5.41, 5.74) is 8.28. The summed E-state index contributed by atoms with van der Waals surface area (Å²) in [4.78, 5) is 25.1. The number of rotatable bonds is 6. The molecule has 35 heavy (non-hydrogen) atoms. The third kappa shape index (κ3) is 5.75. The average Bonchev–Trinajstić information content (AvgIpc) is 3.18. The minimum atomic E-state index is -0.473. The number of carbonyl (C=O) groups excluding carboxylic acids is 2. The van der Waals surface area contributed by atoms with Gasteiger partial charge in [-0.2, -0.15) is 5.10 Å². The van der Waals surface area contributed by atoms with Crippen molar-refractivity contribution < 1.29 is 14.3 Å². The number of hydrogen-bond acceptors (Lipinski definition) is 4. The smallest absolute Gasteiger partial charge is 0.343 e. The van der Waals surface area contributed by atoms with Crippen LogP contribution in [0.2, 0.25) is 0 Å². The molecule has 0 radical (unpaired) electrons. The maximum absolute atomic E-state index is 12.6. The molecule has 0 aliphatic heterocycles. The molecule has 3 aromatic carbocycles. The van der Waals surface area contributed by atoms with Crippen LogP contribution in [0.1, 0.15) is 43.2 Å². The Hall–Kier alpha value is -3.97. The summed E-state index contributed by atoms with van der Waals surface area (Å²) in [6.45, 7) is 6.03. The molecular weight excluding hydrogens is 506 g/mol. The Kier molecular flexibility index (Phi) is 7.27. The molecule has 0 atom stereocenters. The van der Waals surface area contributed by atoms with Crippen molar-refractivity contribution in [1.82, 2.24) is 9.99 Å². The van der Waals surface area contributed by atoms with Crippen LogP contribution in [0.15, 0.2) is 88.4 Å². The molecule has 1 N–H and O–H groups in total. The molecule has 6 nitrogen and oxygen atoms in total. The number of nitrogens with one attached hydrogen (secondary N) is 1.